The van der Waals surface area contributed by atoms with Crippen molar-refractivity contribution >= 4 is 9.84 Å². The van der Waals surface area contributed by atoms with Crippen molar-refractivity contribution in [3.63, 3.8) is 0 Å². The van der Waals surface area contributed by atoms with Crippen LogP contribution in [-0.2, 0) is 15.6 Å². The van der Waals surface area contributed by atoms with Crippen LogP contribution in [0.15, 0.2) is 30.3 Å². The predicted molar refractivity (Wildman–Crippen MR) is 80.9 cm³/mol. The molecule has 2 unspecified atom stereocenters. The minimum Gasteiger partial charge on any atom is -0.314 e. The Morgan fingerprint density at radius 2 is 1.79 bits per heavy atom. The Kier molecular flexibility index (Phi) is 6.52. The van der Waals surface area contributed by atoms with Gasteiger partial charge in [0.25, 0.3) is 0 Å². The van der Waals surface area contributed by atoms with Crippen LogP contribution in [0.2, 0.25) is 0 Å². The third-order valence-corrected chi connectivity index (χ3v) is 5.41. The lowest BCUT2D eigenvalue weighted by Gasteiger charge is -2.19. The number of hydrogen-bond donors (Lipinski definition) is 1. The molecule has 3 nitrogen and oxygen atoms in total. The minimum atomic E-state index is -3.07. The molecule has 1 aromatic rings. The van der Waals surface area contributed by atoms with Gasteiger partial charge in [0.1, 0.15) is 0 Å². The van der Waals surface area contributed by atoms with Crippen LogP contribution >= 0.6 is 0 Å². The van der Waals surface area contributed by atoms with Gasteiger partial charge in [-0.05, 0) is 38.8 Å². The Bertz CT molecular complexity index is 456. The van der Waals surface area contributed by atoms with E-state index in [1.807, 2.05) is 44.2 Å². The zero-order valence-corrected chi connectivity index (χ0v) is 12.9. The van der Waals surface area contributed by atoms with E-state index in [1.54, 1.807) is 0 Å². The SMILES string of the molecule is CCCNC(C)CC(C)S(=O)(=O)Cc1ccccc1. The maximum Gasteiger partial charge on any atom is 0.157 e. The second kappa shape index (κ2) is 7.65. The van der Waals surface area contributed by atoms with Crippen LogP contribution in [0.4, 0.5) is 0 Å². The van der Waals surface area contributed by atoms with Gasteiger partial charge in [-0.25, -0.2) is 8.42 Å². The average molecular weight is 283 g/mol. The van der Waals surface area contributed by atoms with Crippen LogP contribution in [0, 0.1) is 0 Å². The summed E-state index contributed by atoms with van der Waals surface area (Å²) >= 11 is 0. The smallest absolute Gasteiger partial charge is 0.157 e. The topological polar surface area (TPSA) is 46.2 Å². The molecule has 1 N–H and O–H groups in total. The average Bonchev–Trinajstić information content (AvgIpc) is 2.37. The molecule has 0 fully saturated rings. The molecular formula is C15H25NO2S. The van der Waals surface area contributed by atoms with Crippen LogP contribution in [0.25, 0.3) is 0 Å². The first-order chi connectivity index (χ1) is 8.95. The highest BCUT2D eigenvalue weighted by Crippen LogP contribution is 2.15. The molecule has 2 atom stereocenters. The van der Waals surface area contributed by atoms with E-state index in [1.165, 1.54) is 0 Å². The lowest BCUT2D eigenvalue weighted by Crippen LogP contribution is -2.33. The van der Waals surface area contributed by atoms with Gasteiger partial charge in [-0.3, -0.25) is 0 Å². The van der Waals surface area contributed by atoms with E-state index < -0.39 is 9.84 Å². The van der Waals surface area contributed by atoms with Gasteiger partial charge >= 0.3 is 0 Å². The Balaban J connectivity index is 2.57. The summed E-state index contributed by atoms with van der Waals surface area (Å²) in [6.07, 6.45) is 1.73. The number of hydrogen-bond acceptors (Lipinski definition) is 3. The summed E-state index contributed by atoms with van der Waals surface area (Å²) < 4.78 is 24.6. The van der Waals surface area contributed by atoms with Gasteiger partial charge in [0.15, 0.2) is 9.84 Å². The molecule has 0 aliphatic rings. The molecule has 0 aromatic heterocycles. The highest BCUT2D eigenvalue weighted by Gasteiger charge is 2.22. The van der Waals surface area contributed by atoms with E-state index in [4.69, 9.17) is 0 Å². The summed E-state index contributed by atoms with van der Waals surface area (Å²) in [6.45, 7) is 6.90. The van der Waals surface area contributed by atoms with Gasteiger partial charge in [-0.2, -0.15) is 0 Å². The molecule has 1 aromatic carbocycles. The highest BCUT2D eigenvalue weighted by atomic mass is 32.2. The molecular weight excluding hydrogens is 258 g/mol. The molecule has 0 aliphatic carbocycles. The van der Waals surface area contributed by atoms with Crippen LogP contribution < -0.4 is 5.32 Å². The summed E-state index contributed by atoms with van der Waals surface area (Å²) in [7, 11) is -3.07. The summed E-state index contributed by atoms with van der Waals surface area (Å²) in [6, 6.07) is 9.62. The lowest BCUT2D eigenvalue weighted by atomic mass is 10.2. The molecule has 0 heterocycles. The van der Waals surface area contributed by atoms with Crippen LogP contribution in [0.1, 0.15) is 39.2 Å². The summed E-state index contributed by atoms with van der Waals surface area (Å²) in [5, 5.41) is 3.02. The zero-order valence-electron chi connectivity index (χ0n) is 12.1. The van der Waals surface area contributed by atoms with Gasteiger partial charge in [-0.15, -0.1) is 0 Å². The van der Waals surface area contributed by atoms with Crippen LogP contribution in [0.3, 0.4) is 0 Å². The molecule has 4 heteroatoms. The van der Waals surface area contributed by atoms with E-state index in [0.29, 0.717) is 6.42 Å². The van der Waals surface area contributed by atoms with Crippen LogP contribution in [0.5, 0.6) is 0 Å². The van der Waals surface area contributed by atoms with Gasteiger partial charge in [0.05, 0.1) is 11.0 Å². The van der Waals surface area contributed by atoms with Crippen LogP contribution in [-0.4, -0.2) is 26.3 Å². The summed E-state index contributed by atoms with van der Waals surface area (Å²) in [4.78, 5) is 0. The fraction of sp³-hybridized carbons (Fsp3) is 0.600. The number of benzene rings is 1. The van der Waals surface area contributed by atoms with E-state index >= 15 is 0 Å². The normalized spacial score (nSPS) is 15.1. The Morgan fingerprint density at radius 3 is 2.37 bits per heavy atom. The Labute approximate surface area is 117 Å². The van der Waals surface area contributed by atoms with E-state index in [9.17, 15) is 8.42 Å². The third-order valence-electron chi connectivity index (χ3n) is 3.25. The number of sulfone groups is 1. The second-order valence-corrected chi connectivity index (χ2v) is 7.61. The quantitative estimate of drug-likeness (QED) is 0.798. The van der Waals surface area contributed by atoms with Gasteiger partial charge in [0.2, 0.25) is 0 Å². The molecule has 0 saturated heterocycles. The third kappa shape index (κ3) is 5.74. The van der Waals surface area contributed by atoms with Crippen molar-refractivity contribution in [2.75, 3.05) is 6.54 Å². The maximum absolute atomic E-state index is 12.3. The molecule has 108 valence electrons. The fourth-order valence-corrected chi connectivity index (χ4v) is 3.59. The van der Waals surface area contributed by atoms with E-state index in [2.05, 4.69) is 12.2 Å². The first kappa shape index (κ1) is 16.2. The van der Waals surface area contributed by atoms with Crippen molar-refractivity contribution in [2.45, 2.75) is 50.7 Å². The Hall–Kier alpha value is -0.870. The zero-order chi connectivity index (χ0) is 14.3. The molecule has 0 spiro atoms. The van der Waals surface area contributed by atoms with Crippen molar-refractivity contribution in [3.8, 4) is 0 Å². The van der Waals surface area contributed by atoms with Gasteiger partial charge < -0.3 is 5.32 Å². The Morgan fingerprint density at radius 1 is 1.16 bits per heavy atom. The maximum atomic E-state index is 12.3. The van der Waals surface area contributed by atoms with Crippen molar-refractivity contribution in [1.29, 1.82) is 0 Å². The molecule has 0 saturated carbocycles. The van der Waals surface area contributed by atoms with E-state index in [-0.39, 0.29) is 17.0 Å². The highest BCUT2D eigenvalue weighted by molar-refractivity contribution is 7.91. The molecule has 19 heavy (non-hydrogen) atoms. The number of rotatable bonds is 8. The van der Waals surface area contributed by atoms with Gasteiger partial charge in [-0.1, -0.05) is 37.3 Å². The minimum absolute atomic E-state index is 0.134. The van der Waals surface area contributed by atoms with E-state index in [0.717, 1.165) is 18.5 Å². The largest absolute Gasteiger partial charge is 0.314 e. The first-order valence-corrected chi connectivity index (χ1v) is 8.66. The fourth-order valence-electron chi connectivity index (χ4n) is 2.07. The van der Waals surface area contributed by atoms with Gasteiger partial charge in [0, 0.05) is 6.04 Å². The monoisotopic (exact) mass is 283 g/mol. The molecule has 1 rings (SSSR count). The molecule has 0 aliphatic heterocycles. The number of nitrogens with one attached hydrogen (secondary N) is 1. The van der Waals surface area contributed by atoms with Crippen molar-refractivity contribution in [1.82, 2.24) is 5.32 Å². The lowest BCUT2D eigenvalue weighted by molar-refractivity contribution is 0.497. The van der Waals surface area contributed by atoms with Crippen molar-refractivity contribution in [3.05, 3.63) is 35.9 Å². The summed E-state index contributed by atoms with van der Waals surface area (Å²) in [5.74, 6) is 0.134. The predicted octanol–water partition coefficient (Wildman–Crippen LogP) is 2.77. The molecule has 0 bridgehead atoms. The second-order valence-electron chi connectivity index (χ2n) is 5.19. The standard InChI is InChI=1S/C15H25NO2S/c1-4-10-16-13(2)11-14(3)19(17,18)12-15-8-6-5-7-9-15/h5-9,13-14,16H,4,10-12H2,1-3H3. The molecule has 0 radical (unpaired) electrons. The summed E-state index contributed by atoms with van der Waals surface area (Å²) in [5.41, 5.74) is 0.864. The van der Waals surface area contributed by atoms with Crippen molar-refractivity contribution < 1.29 is 8.42 Å². The first-order valence-electron chi connectivity index (χ1n) is 6.94. The molecule has 0 amide bonds. The van der Waals surface area contributed by atoms with Crippen molar-refractivity contribution in [2.24, 2.45) is 0 Å².